The van der Waals surface area contributed by atoms with E-state index in [1.807, 2.05) is 11.8 Å². The van der Waals surface area contributed by atoms with Crippen LogP contribution in [0.5, 0.6) is 11.5 Å². The summed E-state index contributed by atoms with van der Waals surface area (Å²) in [6.45, 7) is 5.43. The van der Waals surface area contributed by atoms with Gasteiger partial charge >= 0.3 is 0 Å². The highest BCUT2D eigenvalue weighted by atomic mass is 35.5. The molecule has 1 heterocycles. The summed E-state index contributed by atoms with van der Waals surface area (Å²) in [7, 11) is 0. The highest BCUT2D eigenvalue weighted by Crippen LogP contribution is 2.36. The van der Waals surface area contributed by atoms with Crippen LogP contribution in [0.4, 0.5) is 0 Å². The first kappa shape index (κ1) is 20.0. The van der Waals surface area contributed by atoms with Crippen molar-refractivity contribution in [3.05, 3.63) is 22.7 Å². The highest BCUT2D eigenvalue weighted by molar-refractivity contribution is 6.32. The average molecular weight is 380 g/mol. The molecule has 140 valence electrons. The standard InChI is InChI=1S/C18H22ClN3O4/c1-3-7-26-18-15(19)10-14(11-16(18)25-4-2)12-20-21-17(23)13-22-5-8-24-9-6-22/h1,10-12H,4-9,13H2,2H3,(H,21,23)/b20-12+. The van der Waals surface area contributed by atoms with Crippen molar-refractivity contribution in [2.45, 2.75) is 6.92 Å². The molecule has 1 aromatic carbocycles. The molecule has 26 heavy (non-hydrogen) atoms. The van der Waals surface area contributed by atoms with Gasteiger partial charge < -0.3 is 14.2 Å². The second kappa shape index (κ2) is 10.7. The fourth-order valence-electron chi connectivity index (χ4n) is 2.36. The number of nitrogens with zero attached hydrogens (tertiary/aromatic N) is 2. The molecule has 7 nitrogen and oxygen atoms in total. The summed E-state index contributed by atoms with van der Waals surface area (Å²) < 4.78 is 16.2. The Kier molecular flexibility index (Phi) is 8.22. The predicted octanol–water partition coefficient (Wildman–Crippen LogP) is 1.53. The molecule has 8 heteroatoms. The fraction of sp³-hybridized carbons (Fsp3) is 0.444. The third kappa shape index (κ3) is 6.23. The minimum atomic E-state index is -0.187. The van der Waals surface area contributed by atoms with E-state index in [1.54, 1.807) is 12.1 Å². The Morgan fingerprint density at radius 2 is 2.23 bits per heavy atom. The minimum Gasteiger partial charge on any atom is -0.490 e. The lowest BCUT2D eigenvalue weighted by molar-refractivity contribution is -0.123. The maximum atomic E-state index is 11.9. The normalized spacial score (nSPS) is 14.8. The van der Waals surface area contributed by atoms with Crippen molar-refractivity contribution in [3.63, 3.8) is 0 Å². The molecule has 0 aromatic heterocycles. The first-order valence-electron chi connectivity index (χ1n) is 8.28. The number of benzene rings is 1. The maximum absolute atomic E-state index is 11.9. The number of rotatable bonds is 8. The summed E-state index contributed by atoms with van der Waals surface area (Å²) >= 11 is 6.24. The van der Waals surface area contributed by atoms with Crippen LogP contribution in [0, 0.1) is 12.3 Å². The Labute approximate surface area is 158 Å². The molecule has 0 radical (unpaired) electrons. The molecule has 0 atom stereocenters. The van der Waals surface area contributed by atoms with Gasteiger partial charge in [-0.15, -0.1) is 6.42 Å². The smallest absolute Gasteiger partial charge is 0.254 e. The molecule has 0 unspecified atom stereocenters. The summed E-state index contributed by atoms with van der Waals surface area (Å²) in [6.07, 6.45) is 6.71. The number of nitrogens with one attached hydrogen (secondary N) is 1. The van der Waals surface area contributed by atoms with Crippen molar-refractivity contribution in [2.75, 3.05) is 46.1 Å². The van der Waals surface area contributed by atoms with Gasteiger partial charge in [-0.25, -0.2) is 5.43 Å². The Morgan fingerprint density at radius 3 is 2.92 bits per heavy atom. The number of carbonyl (C=O) groups excluding carboxylic acids is 1. The second-order valence-electron chi connectivity index (χ2n) is 5.44. The number of ether oxygens (including phenoxy) is 3. The molecular formula is C18H22ClN3O4. The number of amides is 1. The molecule has 1 aliphatic heterocycles. The van der Waals surface area contributed by atoms with E-state index in [1.165, 1.54) is 6.21 Å². The van der Waals surface area contributed by atoms with Gasteiger partial charge in [0, 0.05) is 13.1 Å². The lowest BCUT2D eigenvalue weighted by Gasteiger charge is -2.25. The van der Waals surface area contributed by atoms with Crippen LogP contribution in [0.2, 0.25) is 5.02 Å². The minimum absolute atomic E-state index is 0.0881. The van der Waals surface area contributed by atoms with Gasteiger partial charge in [0.15, 0.2) is 11.5 Å². The van der Waals surface area contributed by atoms with E-state index in [0.29, 0.717) is 41.9 Å². The largest absolute Gasteiger partial charge is 0.490 e. The van der Waals surface area contributed by atoms with E-state index < -0.39 is 0 Å². The van der Waals surface area contributed by atoms with Gasteiger partial charge in [0.25, 0.3) is 5.91 Å². The molecule has 1 aliphatic rings. The van der Waals surface area contributed by atoms with Gasteiger partial charge in [-0.3, -0.25) is 9.69 Å². The zero-order valence-corrected chi connectivity index (χ0v) is 15.4. The number of morpholine rings is 1. The first-order chi connectivity index (χ1) is 12.6. The Morgan fingerprint density at radius 1 is 1.46 bits per heavy atom. The van der Waals surface area contributed by atoms with Crippen molar-refractivity contribution >= 4 is 23.7 Å². The zero-order chi connectivity index (χ0) is 18.8. The molecule has 2 rings (SSSR count). The summed E-state index contributed by atoms with van der Waals surface area (Å²) in [5.41, 5.74) is 3.17. The fourth-order valence-corrected chi connectivity index (χ4v) is 2.63. The SMILES string of the molecule is C#CCOc1c(Cl)cc(/C=N/NC(=O)CN2CCOCC2)cc1OCC. The van der Waals surface area contributed by atoms with E-state index >= 15 is 0 Å². The Bertz CT molecular complexity index is 682. The molecular weight excluding hydrogens is 358 g/mol. The van der Waals surface area contributed by atoms with Crippen LogP contribution in [0.3, 0.4) is 0 Å². The average Bonchev–Trinajstić information content (AvgIpc) is 2.62. The van der Waals surface area contributed by atoms with Crippen LogP contribution in [0.1, 0.15) is 12.5 Å². The number of hydrazone groups is 1. The molecule has 0 bridgehead atoms. The highest BCUT2D eigenvalue weighted by Gasteiger charge is 2.14. The van der Waals surface area contributed by atoms with E-state index in [-0.39, 0.29) is 19.1 Å². The van der Waals surface area contributed by atoms with Crippen molar-refractivity contribution in [1.82, 2.24) is 10.3 Å². The molecule has 1 amide bonds. The zero-order valence-electron chi connectivity index (χ0n) is 14.7. The number of hydrogen-bond donors (Lipinski definition) is 1. The summed E-state index contributed by atoms with van der Waals surface area (Å²) in [4.78, 5) is 13.9. The number of halogens is 1. The van der Waals surface area contributed by atoms with Crippen molar-refractivity contribution in [3.8, 4) is 23.8 Å². The van der Waals surface area contributed by atoms with Gasteiger partial charge in [0.05, 0.1) is 37.6 Å². The topological polar surface area (TPSA) is 72.4 Å². The molecule has 0 saturated carbocycles. The third-order valence-corrected chi connectivity index (χ3v) is 3.79. The van der Waals surface area contributed by atoms with Crippen LogP contribution < -0.4 is 14.9 Å². The molecule has 0 aliphatic carbocycles. The van der Waals surface area contributed by atoms with E-state index in [0.717, 1.165) is 13.1 Å². The van der Waals surface area contributed by atoms with Crippen molar-refractivity contribution in [2.24, 2.45) is 5.10 Å². The maximum Gasteiger partial charge on any atom is 0.254 e. The van der Waals surface area contributed by atoms with E-state index in [2.05, 4.69) is 16.4 Å². The van der Waals surface area contributed by atoms with Gasteiger partial charge in [0.1, 0.15) is 6.61 Å². The van der Waals surface area contributed by atoms with E-state index in [4.69, 9.17) is 32.2 Å². The second-order valence-corrected chi connectivity index (χ2v) is 5.84. The number of terminal acetylenes is 1. The Hall–Kier alpha value is -2.27. The molecule has 1 saturated heterocycles. The molecule has 1 aromatic rings. The van der Waals surface area contributed by atoms with Crippen molar-refractivity contribution < 1.29 is 19.0 Å². The van der Waals surface area contributed by atoms with Gasteiger partial charge in [-0.05, 0) is 24.6 Å². The summed E-state index contributed by atoms with van der Waals surface area (Å²) in [5, 5.41) is 4.33. The van der Waals surface area contributed by atoms with Crippen LogP contribution in [0.25, 0.3) is 0 Å². The van der Waals surface area contributed by atoms with Gasteiger partial charge in [-0.1, -0.05) is 17.5 Å². The molecule has 1 N–H and O–H groups in total. The third-order valence-electron chi connectivity index (χ3n) is 3.51. The summed E-state index contributed by atoms with van der Waals surface area (Å²) in [6, 6.07) is 3.38. The lowest BCUT2D eigenvalue weighted by atomic mass is 10.2. The van der Waals surface area contributed by atoms with Crippen molar-refractivity contribution in [1.29, 1.82) is 0 Å². The predicted molar refractivity (Wildman–Crippen MR) is 99.9 cm³/mol. The molecule has 0 spiro atoms. The van der Waals surface area contributed by atoms with Crippen LogP contribution >= 0.6 is 11.6 Å². The quantitative estimate of drug-likeness (QED) is 0.421. The van der Waals surface area contributed by atoms with Gasteiger partial charge in [0.2, 0.25) is 0 Å². The monoisotopic (exact) mass is 379 g/mol. The van der Waals surface area contributed by atoms with Crippen LogP contribution in [-0.4, -0.2) is 63.1 Å². The van der Waals surface area contributed by atoms with Gasteiger partial charge in [-0.2, -0.15) is 5.10 Å². The Balaban J connectivity index is 1.97. The number of hydrogen-bond acceptors (Lipinski definition) is 6. The van der Waals surface area contributed by atoms with Crippen LogP contribution in [0.15, 0.2) is 17.2 Å². The number of carbonyl (C=O) groups is 1. The summed E-state index contributed by atoms with van der Waals surface area (Å²) in [5.74, 6) is 3.06. The first-order valence-corrected chi connectivity index (χ1v) is 8.66. The lowest BCUT2D eigenvalue weighted by Crippen LogP contribution is -2.42. The van der Waals surface area contributed by atoms with Crippen LogP contribution in [-0.2, 0) is 9.53 Å². The molecule has 1 fully saturated rings. The van der Waals surface area contributed by atoms with E-state index in [9.17, 15) is 4.79 Å².